The van der Waals surface area contributed by atoms with Gasteiger partial charge in [0.05, 0.1) is 0 Å². The van der Waals surface area contributed by atoms with Gasteiger partial charge in [-0.05, 0) is 48.6 Å². The van der Waals surface area contributed by atoms with Crippen molar-refractivity contribution in [3.05, 3.63) is 78.4 Å². The first kappa shape index (κ1) is 18.7. The van der Waals surface area contributed by atoms with Gasteiger partial charge in [-0.1, -0.05) is 74.4 Å². The first-order valence-electron chi connectivity index (χ1n) is 8.93. The highest BCUT2D eigenvalue weighted by molar-refractivity contribution is 5.84. The van der Waals surface area contributed by atoms with Gasteiger partial charge >= 0.3 is 5.97 Å². The van der Waals surface area contributed by atoms with Crippen molar-refractivity contribution >= 4 is 5.97 Å². The summed E-state index contributed by atoms with van der Waals surface area (Å²) in [5.74, 6) is 0.178. The van der Waals surface area contributed by atoms with E-state index in [-0.39, 0.29) is 5.97 Å². The first-order valence-corrected chi connectivity index (χ1v) is 8.93. The van der Waals surface area contributed by atoms with E-state index in [0.717, 1.165) is 12.0 Å². The number of unbranched alkanes of at least 4 members (excludes halogenated alkanes) is 2. The van der Waals surface area contributed by atoms with Crippen molar-refractivity contribution in [1.82, 2.24) is 0 Å². The Kier molecular flexibility index (Phi) is 7.71. The number of hydrogen-bond donors (Lipinski definition) is 0. The van der Waals surface area contributed by atoms with Crippen LogP contribution in [-0.4, -0.2) is 5.97 Å². The molecular weight excluding hydrogens is 308 g/mol. The summed E-state index contributed by atoms with van der Waals surface area (Å²) >= 11 is 0. The van der Waals surface area contributed by atoms with Crippen molar-refractivity contribution in [3.63, 3.8) is 0 Å². The van der Waals surface area contributed by atoms with E-state index in [1.807, 2.05) is 37.3 Å². The molecular formula is C23H26O2. The molecule has 2 aromatic carbocycles. The predicted octanol–water partition coefficient (Wildman–Crippen LogP) is 6.12. The smallest absolute Gasteiger partial charge is 0.336 e. The zero-order valence-corrected chi connectivity index (χ0v) is 15.1. The normalized spacial score (nSPS) is 11.3. The van der Waals surface area contributed by atoms with E-state index < -0.39 is 0 Å². The van der Waals surface area contributed by atoms with E-state index in [9.17, 15) is 4.79 Å². The Hall–Kier alpha value is -2.61. The number of esters is 1. The van der Waals surface area contributed by atoms with Crippen molar-refractivity contribution < 1.29 is 9.53 Å². The third-order valence-corrected chi connectivity index (χ3v) is 3.96. The Morgan fingerprint density at radius 3 is 2.16 bits per heavy atom. The topological polar surface area (TPSA) is 26.3 Å². The number of allylic oxidation sites excluding steroid dienone is 3. The van der Waals surface area contributed by atoms with Crippen molar-refractivity contribution in [3.8, 4) is 16.9 Å². The average molecular weight is 334 g/mol. The van der Waals surface area contributed by atoms with Gasteiger partial charge in [-0.3, -0.25) is 0 Å². The molecule has 0 heterocycles. The summed E-state index contributed by atoms with van der Waals surface area (Å²) in [6.07, 6.45) is 11.6. The quantitative estimate of drug-likeness (QED) is 0.191. The van der Waals surface area contributed by atoms with Crippen molar-refractivity contribution in [1.29, 1.82) is 0 Å². The Labute approximate surface area is 150 Å². The van der Waals surface area contributed by atoms with Crippen LogP contribution in [0.15, 0.2) is 72.8 Å². The van der Waals surface area contributed by atoms with Crippen LogP contribution < -0.4 is 4.74 Å². The SMILES string of the molecule is C/C=C/C=C/C(=O)Oc1ccc(-c2ccc(CCCCC)cc2)cc1. The summed E-state index contributed by atoms with van der Waals surface area (Å²) in [5, 5.41) is 0. The largest absolute Gasteiger partial charge is 0.423 e. The number of aryl methyl sites for hydroxylation is 1. The van der Waals surface area contributed by atoms with Gasteiger partial charge in [-0.2, -0.15) is 0 Å². The summed E-state index contributed by atoms with van der Waals surface area (Å²) in [4.78, 5) is 11.6. The van der Waals surface area contributed by atoms with E-state index >= 15 is 0 Å². The predicted molar refractivity (Wildman–Crippen MR) is 105 cm³/mol. The Morgan fingerprint density at radius 1 is 0.920 bits per heavy atom. The van der Waals surface area contributed by atoms with Crippen LogP contribution in [0.3, 0.4) is 0 Å². The molecule has 0 aromatic heterocycles. The molecule has 2 nitrogen and oxygen atoms in total. The Balaban J connectivity index is 1.96. The molecule has 130 valence electrons. The fraction of sp³-hybridized carbons (Fsp3) is 0.261. The Morgan fingerprint density at radius 2 is 1.56 bits per heavy atom. The number of benzene rings is 2. The molecule has 2 heteroatoms. The fourth-order valence-corrected chi connectivity index (χ4v) is 2.55. The van der Waals surface area contributed by atoms with Crippen LogP contribution in [-0.2, 0) is 11.2 Å². The zero-order valence-electron chi connectivity index (χ0n) is 15.1. The van der Waals surface area contributed by atoms with Crippen molar-refractivity contribution in [2.75, 3.05) is 0 Å². The van der Waals surface area contributed by atoms with Gasteiger partial charge in [0.2, 0.25) is 0 Å². The molecule has 0 radical (unpaired) electrons. The lowest BCUT2D eigenvalue weighted by Crippen LogP contribution is -2.03. The summed E-state index contributed by atoms with van der Waals surface area (Å²) in [6.45, 7) is 4.12. The molecule has 0 saturated carbocycles. The van der Waals surface area contributed by atoms with Gasteiger partial charge in [-0.15, -0.1) is 0 Å². The van der Waals surface area contributed by atoms with Crippen molar-refractivity contribution in [2.45, 2.75) is 39.5 Å². The van der Waals surface area contributed by atoms with Crippen LogP contribution in [0.4, 0.5) is 0 Å². The molecule has 0 amide bonds. The van der Waals surface area contributed by atoms with E-state index in [0.29, 0.717) is 5.75 Å². The highest BCUT2D eigenvalue weighted by Crippen LogP contribution is 2.23. The molecule has 0 bridgehead atoms. The van der Waals surface area contributed by atoms with Gasteiger partial charge in [0.25, 0.3) is 0 Å². The maximum Gasteiger partial charge on any atom is 0.336 e. The van der Waals surface area contributed by atoms with E-state index in [1.165, 1.54) is 36.5 Å². The molecule has 0 aliphatic carbocycles. The molecule has 0 N–H and O–H groups in total. The number of hydrogen-bond acceptors (Lipinski definition) is 2. The maximum absolute atomic E-state index is 11.6. The molecule has 0 aliphatic heterocycles. The fourth-order valence-electron chi connectivity index (χ4n) is 2.55. The van der Waals surface area contributed by atoms with Crippen LogP contribution in [0.25, 0.3) is 11.1 Å². The molecule has 2 aromatic rings. The van der Waals surface area contributed by atoms with Crippen LogP contribution in [0.1, 0.15) is 38.7 Å². The standard InChI is InChI=1S/C23H26O2/c1-3-5-7-9-19-11-13-20(14-12-19)21-15-17-22(18-16-21)25-23(24)10-8-6-4-2/h4,6,8,10-18H,3,5,7,9H2,1-2H3/b6-4+,10-8+. The van der Waals surface area contributed by atoms with E-state index in [2.05, 4.69) is 31.2 Å². The minimum absolute atomic E-state index is 0.373. The van der Waals surface area contributed by atoms with Crippen LogP contribution in [0, 0.1) is 0 Å². The number of carbonyl (C=O) groups excluding carboxylic acids is 1. The maximum atomic E-state index is 11.6. The molecule has 0 atom stereocenters. The van der Waals surface area contributed by atoms with Crippen LogP contribution in [0.2, 0.25) is 0 Å². The third kappa shape index (κ3) is 6.42. The highest BCUT2D eigenvalue weighted by atomic mass is 16.5. The number of ether oxygens (including phenoxy) is 1. The Bertz CT molecular complexity index is 707. The summed E-state index contributed by atoms with van der Waals surface area (Å²) in [6, 6.07) is 16.3. The lowest BCUT2D eigenvalue weighted by molar-refractivity contribution is -0.128. The lowest BCUT2D eigenvalue weighted by atomic mass is 10.0. The second kappa shape index (κ2) is 10.3. The molecule has 0 spiro atoms. The van der Waals surface area contributed by atoms with Gasteiger partial charge < -0.3 is 4.74 Å². The van der Waals surface area contributed by atoms with E-state index in [1.54, 1.807) is 12.2 Å². The average Bonchev–Trinajstić information content (AvgIpc) is 2.63. The second-order valence-electron chi connectivity index (χ2n) is 5.98. The minimum atomic E-state index is -0.373. The molecule has 0 aliphatic rings. The van der Waals surface area contributed by atoms with Gasteiger partial charge in [0.1, 0.15) is 5.75 Å². The molecule has 0 fully saturated rings. The second-order valence-corrected chi connectivity index (χ2v) is 5.98. The zero-order chi connectivity index (χ0) is 17.9. The number of rotatable bonds is 8. The first-order chi connectivity index (χ1) is 12.2. The van der Waals surface area contributed by atoms with E-state index in [4.69, 9.17) is 4.74 Å². The van der Waals surface area contributed by atoms with Gasteiger partial charge in [0, 0.05) is 6.08 Å². The van der Waals surface area contributed by atoms with Crippen LogP contribution >= 0.6 is 0 Å². The number of carbonyl (C=O) groups is 1. The lowest BCUT2D eigenvalue weighted by Gasteiger charge is -2.06. The minimum Gasteiger partial charge on any atom is -0.423 e. The highest BCUT2D eigenvalue weighted by Gasteiger charge is 2.02. The molecule has 0 saturated heterocycles. The monoisotopic (exact) mass is 334 g/mol. The van der Waals surface area contributed by atoms with Gasteiger partial charge in [-0.25, -0.2) is 4.79 Å². The van der Waals surface area contributed by atoms with Crippen molar-refractivity contribution in [2.24, 2.45) is 0 Å². The van der Waals surface area contributed by atoms with Gasteiger partial charge in [0.15, 0.2) is 0 Å². The molecule has 0 unspecified atom stereocenters. The summed E-state index contributed by atoms with van der Waals surface area (Å²) < 4.78 is 5.27. The summed E-state index contributed by atoms with van der Waals surface area (Å²) in [5.41, 5.74) is 3.67. The molecule has 2 rings (SSSR count). The van der Waals surface area contributed by atoms with Crippen LogP contribution in [0.5, 0.6) is 5.75 Å². The molecule has 25 heavy (non-hydrogen) atoms. The summed E-state index contributed by atoms with van der Waals surface area (Å²) in [7, 11) is 0. The third-order valence-electron chi connectivity index (χ3n) is 3.96.